The number of anilines is 2. The van der Waals surface area contributed by atoms with Crippen LogP contribution >= 0.6 is 0 Å². The highest BCUT2D eigenvalue weighted by atomic mass is 16.2. The number of hydrogen-bond donors (Lipinski definition) is 0. The number of amides is 1. The van der Waals surface area contributed by atoms with Gasteiger partial charge in [0, 0.05) is 17.2 Å². The Bertz CT molecular complexity index is 2270. The van der Waals surface area contributed by atoms with Crippen LogP contribution < -0.4 is 4.90 Å². The molecule has 2 aliphatic rings. The summed E-state index contributed by atoms with van der Waals surface area (Å²) < 4.78 is 0. The number of nitrogens with zero attached hydrogens (tertiary/aromatic N) is 1. The minimum atomic E-state index is 0.0614. The lowest BCUT2D eigenvalue weighted by Gasteiger charge is -2.38. The Morgan fingerprint density at radius 1 is 0.535 bits per heavy atom. The van der Waals surface area contributed by atoms with Gasteiger partial charge >= 0.3 is 0 Å². The van der Waals surface area contributed by atoms with Crippen LogP contribution in [0.15, 0.2) is 145 Å². The zero-order valence-corrected chi connectivity index (χ0v) is 23.5. The monoisotopic (exact) mass is 549 g/mol. The quantitative estimate of drug-likeness (QED) is 0.197. The first kappa shape index (κ1) is 24.2. The second kappa shape index (κ2) is 9.27. The van der Waals surface area contributed by atoms with Crippen LogP contribution in [0, 0.1) is 0 Å². The van der Waals surface area contributed by atoms with Crippen molar-refractivity contribution in [3.05, 3.63) is 162 Å². The van der Waals surface area contributed by atoms with Crippen molar-refractivity contribution in [3.63, 3.8) is 0 Å². The van der Waals surface area contributed by atoms with E-state index in [4.69, 9.17) is 0 Å². The highest BCUT2D eigenvalue weighted by molar-refractivity contribution is 6.25. The first-order valence-corrected chi connectivity index (χ1v) is 14.9. The van der Waals surface area contributed by atoms with Crippen molar-refractivity contribution in [2.75, 3.05) is 4.90 Å². The van der Waals surface area contributed by atoms with Gasteiger partial charge in [-0.3, -0.25) is 9.69 Å². The lowest BCUT2D eigenvalue weighted by Crippen LogP contribution is -2.36. The topological polar surface area (TPSA) is 20.3 Å². The fraction of sp³-hybridized carbons (Fsp3) is 0.0488. The highest BCUT2D eigenvalue weighted by Gasteiger charge is 2.38. The Morgan fingerprint density at radius 3 is 1.95 bits per heavy atom. The normalized spacial score (nSPS) is 15.7. The molecule has 1 aliphatic carbocycles. The minimum Gasteiger partial charge on any atom is -0.277 e. The molecule has 9 rings (SSSR count). The van der Waals surface area contributed by atoms with E-state index in [9.17, 15) is 4.79 Å². The maximum atomic E-state index is 14.3. The molecule has 43 heavy (non-hydrogen) atoms. The minimum absolute atomic E-state index is 0.0614. The van der Waals surface area contributed by atoms with E-state index in [-0.39, 0.29) is 11.8 Å². The molecule has 0 spiro atoms. The summed E-state index contributed by atoms with van der Waals surface area (Å²) in [6, 6.07) is 49.4. The third-order valence-electron chi connectivity index (χ3n) is 9.35. The zero-order chi connectivity index (χ0) is 28.5. The van der Waals surface area contributed by atoms with Gasteiger partial charge in [-0.25, -0.2) is 0 Å². The van der Waals surface area contributed by atoms with E-state index >= 15 is 0 Å². The van der Waals surface area contributed by atoms with Crippen molar-refractivity contribution in [1.29, 1.82) is 0 Å². The average molecular weight is 550 g/mol. The van der Waals surface area contributed by atoms with Crippen molar-refractivity contribution < 1.29 is 4.79 Å². The molecule has 2 heteroatoms. The smallest absolute Gasteiger partial charge is 0.259 e. The predicted octanol–water partition coefficient (Wildman–Crippen LogP) is 10.2. The van der Waals surface area contributed by atoms with Crippen molar-refractivity contribution in [2.45, 2.75) is 12.3 Å². The molecule has 0 bridgehead atoms. The molecule has 0 saturated carbocycles. The third-order valence-corrected chi connectivity index (χ3v) is 9.35. The standard InChI is InChI=1S/C41H27NO/c43-41-39-25-28-11-2-1-10-27(28)23-38(39)36-18-7-8-19-40(36)42(41)30-13-9-12-26(22-30)29-20-21-35-33-16-4-3-14-31(33)32-15-5-6-17-34(32)37(35)24-29/h1-22,24-25,38H,23H2. The molecule has 7 aromatic rings. The van der Waals surface area contributed by atoms with E-state index < -0.39 is 0 Å². The maximum absolute atomic E-state index is 14.3. The van der Waals surface area contributed by atoms with Crippen LogP contribution in [0.25, 0.3) is 49.5 Å². The van der Waals surface area contributed by atoms with E-state index in [1.807, 2.05) is 17.0 Å². The molecule has 1 heterocycles. The van der Waals surface area contributed by atoms with Crippen LogP contribution in [-0.4, -0.2) is 5.91 Å². The summed E-state index contributed by atoms with van der Waals surface area (Å²) in [6.07, 6.45) is 2.95. The largest absolute Gasteiger partial charge is 0.277 e. The van der Waals surface area contributed by atoms with Gasteiger partial charge in [0.2, 0.25) is 0 Å². The lowest BCUT2D eigenvalue weighted by molar-refractivity contribution is -0.114. The Hall–Kier alpha value is -5.47. The van der Waals surface area contributed by atoms with E-state index in [0.29, 0.717) is 0 Å². The molecule has 0 fully saturated rings. The molecule has 0 aromatic heterocycles. The molecule has 2 nitrogen and oxygen atoms in total. The SMILES string of the molecule is O=C1C2=Cc3ccccc3CC2c2ccccc2N1c1cccc(-c2ccc3c4ccccc4c4ccccc4c3c2)c1. The molecule has 1 amide bonds. The van der Waals surface area contributed by atoms with Crippen LogP contribution in [0.1, 0.15) is 22.6 Å². The number of carbonyl (C=O) groups is 1. The number of para-hydroxylation sites is 1. The Balaban J connectivity index is 1.20. The summed E-state index contributed by atoms with van der Waals surface area (Å²) in [7, 11) is 0. The second-order valence-corrected chi connectivity index (χ2v) is 11.7. The summed E-state index contributed by atoms with van der Waals surface area (Å²) in [5.41, 5.74) is 8.60. The average Bonchev–Trinajstić information content (AvgIpc) is 3.08. The molecule has 0 saturated heterocycles. The van der Waals surface area contributed by atoms with Crippen LogP contribution in [0.4, 0.5) is 11.4 Å². The van der Waals surface area contributed by atoms with E-state index in [0.717, 1.165) is 40.1 Å². The maximum Gasteiger partial charge on any atom is 0.259 e. The van der Waals surface area contributed by atoms with Crippen molar-refractivity contribution in [2.24, 2.45) is 0 Å². The van der Waals surface area contributed by atoms with Crippen molar-refractivity contribution >= 4 is 55.7 Å². The zero-order valence-electron chi connectivity index (χ0n) is 23.5. The number of fused-ring (bicyclic) bond motifs is 10. The summed E-state index contributed by atoms with van der Waals surface area (Å²) in [5.74, 6) is 0.132. The van der Waals surface area contributed by atoms with E-state index in [1.165, 1.54) is 43.4 Å². The molecule has 1 atom stereocenters. The van der Waals surface area contributed by atoms with Crippen molar-refractivity contribution in [1.82, 2.24) is 0 Å². The van der Waals surface area contributed by atoms with Crippen LogP contribution in [-0.2, 0) is 11.2 Å². The van der Waals surface area contributed by atoms with E-state index in [1.54, 1.807) is 0 Å². The Labute approximate surface area is 250 Å². The van der Waals surface area contributed by atoms with Gasteiger partial charge in [0.1, 0.15) is 0 Å². The molecule has 202 valence electrons. The van der Waals surface area contributed by atoms with Gasteiger partial charge in [-0.05, 0) is 96.9 Å². The predicted molar refractivity (Wildman–Crippen MR) is 179 cm³/mol. The number of hydrogen-bond acceptors (Lipinski definition) is 1. The van der Waals surface area contributed by atoms with Crippen LogP contribution in [0.3, 0.4) is 0 Å². The van der Waals surface area contributed by atoms with Gasteiger partial charge in [-0.1, -0.05) is 115 Å². The van der Waals surface area contributed by atoms with Gasteiger partial charge in [0.05, 0.1) is 5.69 Å². The summed E-state index contributed by atoms with van der Waals surface area (Å²) in [5, 5.41) is 7.56. The molecular weight excluding hydrogens is 522 g/mol. The van der Waals surface area contributed by atoms with Gasteiger partial charge in [0.15, 0.2) is 0 Å². The lowest BCUT2D eigenvalue weighted by atomic mass is 9.76. The number of benzene rings is 7. The van der Waals surface area contributed by atoms with Gasteiger partial charge in [-0.15, -0.1) is 0 Å². The molecule has 1 aliphatic heterocycles. The Morgan fingerprint density at radius 2 is 1.16 bits per heavy atom. The summed E-state index contributed by atoms with van der Waals surface area (Å²) in [6.45, 7) is 0. The number of carbonyl (C=O) groups excluding carboxylic acids is 1. The Kier molecular flexibility index (Phi) is 5.21. The fourth-order valence-corrected chi connectivity index (χ4v) is 7.34. The van der Waals surface area contributed by atoms with Crippen LogP contribution in [0.2, 0.25) is 0 Å². The molecule has 7 aromatic carbocycles. The van der Waals surface area contributed by atoms with Gasteiger partial charge in [-0.2, -0.15) is 0 Å². The third kappa shape index (κ3) is 3.63. The number of rotatable bonds is 2. The first-order chi connectivity index (χ1) is 21.2. The molecular formula is C41H27NO. The molecule has 1 unspecified atom stereocenters. The van der Waals surface area contributed by atoms with Gasteiger partial charge in [0.25, 0.3) is 5.91 Å². The fourth-order valence-electron chi connectivity index (χ4n) is 7.34. The summed E-state index contributed by atoms with van der Waals surface area (Å²) in [4.78, 5) is 16.2. The first-order valence-electron chi connectivity index (χ1n) is 14.9. The molecule has 0 radical (unpaired) electrons. The van der Waals surface area contributed by atoms with Crippen molar-refractivity contribution in [3.8, 4) is 11.1 Å². The summed E-state index contributed by atoms with van der Waals surface area (Å²) >= 11 is 0. The van der Waals surface area contributed by atoms with Gasteiger partial charge < -0.3 is 0 Å². The highest BCUT2D eigenvalue weighted by Crippen LogP contribution is 2.47. The van der Waals surface area contributed by atoms with E-state index in [2.05, 4.69) is 133 Å². The second-order valence-electron chi connectivity index (χ2n) is 11.7. The van der Waals surface area contributed by atoms with Crippen LogP contribution in [0.5, 0.6) is 0 Å². The molecule has 0 N–H and O–H groups in total.